The summed E-state index contributed by atoms with van der Waals surface area (Å²) in [6.07, 6.45) is 3.05. The first-order valence-electron chi connectivity index (χ1n) is 5.03. The third-order valence-electron chi connectivity index (χ3n) is 2.53. The lowest BCUT2D eigenvalue weighted by molar-refractivity contribution is 0.189. The van der Waals surface area contributed by atoms with Crippen molar-refractivity contribution in [1.82, 2.24) is 9.88 Å². The van der Waals surface area contributed by atoms with Gasteiger partial charge >= 0.3 is 0 Å². The Balaban J connectivity index is 1.76. The van der Waals surface area contributed by atoms with Crippen LogP contribution in [-0.2, 0) is 0 Å². The SMILES string of the molecule is Nc1ncccc1NCCN1CCC1. The molecule has 2 heterocycles. The van der Waals surface area contributed by atoms with Crippen molar-refractivity contribution in [3.8, 4) is 0 Å². The fourth-order valence-corrected chi connectivity index (χ4v) is 1.52. The van der Waals surface area contributed by atoms with Crippen LogP contribution in [0.1, 0.15) is 6.42 Å². The molecule has 1 fully saturated rings. The van der Waals surface area contributed by atoms with Crippen molar-refractivity contribution in [1.29, 1.82) is 0 Å². The number of aromatic nitrogens is 1. The molecular formula is C10H16N4. The molecule has 4 heteroatoms. The molecule has 1 aromatic rings. The number of hydrogen-bond acceptors (Lipinski definition) is 4. The first-order chi connectivity index (χ1) is 6.86. The Hall–Kier alpha value is -1.29. The number of anilines is 2. The van der Waals surface area contributed by atoms with Crippen molar-refractivity contribution in [2.45, 2.75) is 6.42 Å². The zero-order valence-electron chi connectivity index (χ0n) is 8.24. The lowest BCUT2D eigenvalue weighted by Crippen LogP contribution is -2.40. The highest BCUT2D eigenvalue weighted by Crippen LogP contribution is 2.13. The van der Waals surface area contributed by atoms with E-state index in [9.17, 15) is 0 Å². The maximum atomic E-state index is 5.70. The number of nitrogen functional groups attached to an aromatic ring is 1. The molecule has 0 amide bonds. The van der Waals surface area contributed by atoms with Gasteiger partial charge in [-0.05, 0) is 31.6 Å². The Morgan fingerprint density at radius 3 is 3.00 bits per heavy atom. The van der Waals surface area contributed by atoms with E-state index in [4.69, 9.17) is 5.73 Å². The Morgan fingerprint density at radius 2 is 2.36 bits per heavy atom. The fraction of sp³-hybridized carbons (Fsp3) is 0.500. The molecule has 4 nitrogen and oxygen atoms in total. The molecule has 0 saturated carbocycles. The molecule has 1 saturated heterocycles. The van der Waals surface area contributed by atoms with Crippen molar-refractivity contribution < 1.29 is 0 Å². The van der Waals surface area contributed by atoms with Gasteiger partial charge in [0.1, 0.15) is 5.82 Å². The van der Waals surface area contributed by atoms with E-state index in [1.165, 1.54) is 19.5 Å². The lowest BCUT2D eigenvalue weighted by atomic mass is 10.2. The largest absolute Gasteiger partial charge is 0.382 e. The Bertz CT molecular complexity index is 296. The predicted molar refractivity (Wildman–Crippen MR) is 58.2 cm³/mol. The minimum absolute atomic E-state index is 0.580. The first-order valence-corrected chi connectivity index (χ1v) is 5.03. The van der Waals surface area contributed by atoms with Gasteiger partial charge in [0.25, 0.3) is 0 Å². The highest BCUT2D eigenvalue weighted by atomic mass is 15.2. The number of pyridine rings is 1. The number of nitrogens with one attached hydrogen (secondary N) is 1. The van der Waals surface area contributed by atoms with Crippen LogP contribution in [0.5, 0.6) is 0 Å². The van der Waals surface area contributed by atoms with Gasteiger partial charge in [-0.3, -0.25) is 0 Å². The number of nitrogens with two attached hydrogens (primary N) is 1. The van der Waals surface area contributed by atoms with E-state index in [-0.39, 0.29) is 0 Å². The summed E-state index contributed by atoms with van der Waals surface area (Å²) >= 11 is 0. The minimum atomic E-state index is 0.580. The second-order valence-corrected chi connectivity index (χ2v) is 3.56. The van der Waals surface area contributed by atoms with E-state index >= 15 is 0 Å². The summed E-state index contributed by atoms with van der Waals surface area (Å²) in [5, 5.41) is 3.28. The summed E-state index contributed by atoms with van der Waals surface area (Å²) in [5.41, 5.74) is 6.63. The maximum Gasteiger partial charge on any atom is 0.146 e. The molecule has 1 aliphatic heterocycles. The van der Waals surface area contributed by atoms with Crippen LogP contribution in [0.3, 0.4) is 0 Å². The summed E-state index contributed by atoms with van der Waals surface area (Å²) in [6.45, 7) is 4.51. The topological polar surface area (TPSA) is 54.2 Å². The standard InChI is InChI=1S/C10H16N4/c11-10-9(3-1-4-13-10)12-5-8-14-6-2-7-14/h1,3-4,12H,2,5-8H2,(H2,11,13). The smallest absolute Gasteiger partial charge is 0.146 e. The van der Waals surface area contributed by atoms with E-state index < -0.39 is 0 Å². The molecule has 76 valence electrons. The molecule has 0 aromatic carbocycles. The quantitative estimate of drug-likeness (QED) is 0.740. The third-order valence-corrected chi connectivity index (χ3v) is 2.53. The number of hydrogen-bond donors (Lipinski definition) is 2. The van der Waals surface area contributed by atoms with Gasteiger partial charge in [0, 0.05) is 19.3 Å². The second kappa shape index (κ2) is 4.28. The van der Waals surface area contributed by atoms with Crippen molar-refractivity contribution in [3.63, 3.8) is 0 Å². The first kappa shape index (κ1) is 9.27. The molecule has 3 N–H and O–H groups in total. The number of rotatable bonds is 4. The zero-order valence-corrected chi connectivity index (χ0v) is 8.24. The number of likely N-dealkylation sites (tertiary alicyclic amines) is 1. The van der Waals surface area contributed by atoms with Gasteiger partial charge in [-0.1, -0.05) is 0 Å². The molecule has 0 atom stereocenters. The van der Waals surface area contributed by atoms with Crippen LogP contribution >= 0.6 is 0 Å². The molecule has 0 aliphatic carbocycles. The van der Waals surface area contributed by atoms with E-state index in [1.54, 1.807) is 6.20 Å². The van der Waals surface area contributed by atoms with Gasteiger partial charge in [0.05, 0.1) is 5.69 Å². The van der Waals surface area contributed by atoms with Crippen molar-refractivity contribution in [2.24, 2.45) is 0 Å². The predicted octanol–water partition coefficient (Wildman–Crippen LogP) is 0.781. The van der Waals surface area contributed by atoms with E-state index in [1.807, 2.05) is 12.1 Å². The lowest BCUT2D eigenvalue weighted by Gasteiger charge is -2.30. The average molecular weight is 192 g/mol. The molecule has 14 heavy (non-hydrogen) atoms. The van der Waals surface area contributed by atoms with Crippen LogP contribution in [0, 0.1) is 0 Å². The van der Waals surface area contributed by atoms with Gasteiger partial charge in [0.2, 0.25) is 0 Å². The normalized spacial score (nSPS) is 16.3. The van der Waals surface area contributed by atoms with Crippen LogP contribution in [-0.4, -0.2) is 36.1 Å². The summed E-state index contributed by atoms with van der Waals surface area (Å²) in [4.78, 5) is 6.43. The van der Waals surface area contributed by atoms with E-state index in [2.05, 4.69) is 15.2 Å². The molecule has 0 spiro atoms. The van der Waals surface area contributed by atoms with Crippen LogP contribution in [0.15, 0.2) is 18.3 Å². The molecule has 0 unspecified atom stereocenters. The van der Waals surface area contributed by atoms with Gasteiger partial charge in [-0.2, -0.15) is 0 Å². The van der Waals surface area contributed by atoms with Crippen LogP contribution in [0.2, 0.25) is 0 Å². The second-order valence-electron chi connectivity index (χ2n) is 3.56. The Labute approximate surface area is 84.1 Å². The van der Waals surface area contributed by atoms with E-state index in [0.29, 0.717) is 5.82 Å². The van der Waals surface area contributed by atoms with Crippen LogP contribution in [0.4, 0.5) is 11.5 Å². The Kier molecular flexibility index (Phi) is 2.84. The van der Waals surface area contributed by atoms with Gasteiger partial charge in [-0.15, -0.1) is 0 Å². The van der Waals surface area contributed by atoms with Crippen molar-refractivity contribution in [3.05, 3.63) is 18.3 Å². The summed E-state index contributed by atoms with van der Waals surface area (Å²) in [7, 11) is 0. The highest BCUT2D eigenvalue weighted by molar-refractivity contribution is 5.60. The van der Waals surface area contributed by atoms with Gasteiger partial charge in [-0.25, -0.2) is 4.98 Å². The summed E-state index contributed by atoms with van der Waals surface area (Å²) in [5.74, 6) is 0.580. The molecular weight excluding hydrogens is 176 g/mol. The van der Waals surface area contributed by atoms with Crippen LogP contribution < -0.4 is 11.1 Å². The van der Waals surface area contributed by atoms with E-state index in [0.717, 1.165) is 18.8 Å². The Morgan fingerprint density at radius 1 is 1.50 bits per heavy atom. The summed E-state index contributed by atoms with van der Waals surface area (Å²) in [6, 6.07) is 3.85. The molecule has 0 radical (unpaired) electrons. The third kappa shape index (κ3) is 2.14. The zero-order chi connectivity index (χ0) is 9.80. The average Bonchev–Trinajstić information content (AvgIpc) is 2.12. The molecule has 1 aromatic heterocycles. The maximum absolute atomic E-state index is 5.70. The van der Waals surface area contributed by atoms with Crippen molar-refractivity contribution >= 4 is 11.5 Å². The monoisotopic (exact) mass is 192 g/mol. The summed E-state index contributed by atoms with van der Waals surface area (Å²) < 4.78 is 0. The number of nitrogens with zero attached hydrogens (tertiary/aromatic N) is 2. The van der Waals surface area contributed by atoms with Crippen molar-refractivity contribution in [2.75, 3.05) is 37.2 Å². The molecule has 1 aliphatic rings. The molecule has 2 rings (SSSR count). The van der Waals surface area contributed by atoms with Gasteiger partial charge in [0.15, 0.2) is 0 Å². The fourth-order valence-electron chi connectivity index (χ4n) is 1.52. The molecule has 0 bridgehead atoms. The van der Waals surface area contributed by atoms with Crippen LogP contribution in [0.25, 0.3) is 0 Å². The van der Waals surface area contributed by atoms with Gasteiger partial charge < -0.3 is 16.0 Å². The highest BCUT2D eigenvalue weighted by Gasteiger charge is 2.12. The minimum Gasteiger partial charge on any atom is -0.382 e.